The summed E-state index contributed by atoms with van der Waals surface area (Å²) in [5, 5.41) is 5.42. The van der Waals surface area contributed by atoms with Crippen LogP contribution in [0.3, 0.4) is 0 Å². The number of carbonyl (C=O) groups is 1. The first-order valence-electron chi connectivity index (χ1n) is 10.6. The highest BCUT2D eigenvalue weighted by Crippen LogP contribution is 2.34. The summed E-state index contributed by atoms with van der Waals surface area (Å²) in [6, 6.07) is 30.4. The van der Waals surface area contributed by atoms with Gasteiger partial charge in [0.1, 0.15) is 22.3 Å². The largest absolute Gasteiger partial charge is 0.457 e. The molecule has 0 aliphatic heterocycles. The maximum atomic E-state index is 14.2. The molecule has 0 bridgehead atoms. The lowest BCUT2D eigenvalue weighted by molar-refractivity contribution is 0.102. The number of carbonyl (C=O) groups excluding carboxylic acids is 1. The number of amides is 1. The number of para-hydroxylation sites is 2. The van der Waals surface area contributed by atoms with Gasteiger partial charge in [0.25, 0.3) is 5.91 Å². The van der Waals surface area contributed by atoms with Gasteiger partial charge in [-0.2, -0.15) is 0 Å². The van der Waals surface area contributed by atoms with Crippen molar-refractivity contribution in [3.05, 3.63) is 120 Å². The van der Waals surface area contributed by atoms with Crippen LogP contribution in [0.4, 0.5) is 10.1 Å². The first kappa shape index (κ1) is 21.6. The Kier molecular flexibility index (Phi) is 6.14. The van der Waals surface area contributed by atoms with Gasteiger partial charge in [-0.05, 0) is 54.6 Å². The Bertz CT molecular complexity index is 1430. The Labute approximate surface area is 200 Å². The van der Waals surface area contributed by atoms with E-state index in [0.717, 1.165) is 11.3 Å². The molecule has 0 unspecified atom stereocenters. The molecule has 5 aromatic rings. The number of nitrogens with zero attached hydrogens (tertiary/aromatic N) is 1. The highest BCUT2D eigenvalue weighted by Gasteiger charge is 2.15. The smallest absolute Gasteiger partial charge is 0.255 e. The molecule has 1 aromatic heterocycles. The van der Waals surface area contributed by atoms with E-state index in [0.29, 0.717) is 33.3 Å². The average molecular weight is 467 g/mol. The number of nitrogens with one attached hydrogen (secondary N) is 1. The second-order valence-corrected chi connectivity index (χ2v) is 8.32. The summed E-state index contributed by atoms with van der Waals surface area (Å²) in [5.74, 6) is 0.811. The molecular formula is C28H19FN2O2S. The van der Waals surface area contributed by atoms with Crippen LogP contribution >= 0.6 is 11.3 Å². The zero-order chi connectivity index (χ0) is 23.3. The second kappa shape index (κ2) is 9.68. The van der Waals surface area contributed by atoms with Gasteiger partial charge in [0.05, 0.1) is 11.4 Å². The average Bonchev–Trinajstić information content (AvgIpc) is 3.35. The van der Waals surface area contributed by atoms with Crippen molar-refractivity contribution in [2.45, 2.75) is 0 Å². The summed E-state index contributed by atoms with van der Waals surface area (Å²) >= 11 is 1.36. The quantitative estimate of drug-likeness (QED) is 0.279. The minimum absolute atomic E-state index is 0.247. The van der Waals surface area contributed by atoms with Gasteiger partial charge in [-0.25, -0.2) is 9.37 Å². The van der Waals surface area contributed by atoms with Crippen LogP contribution in [0.15, 0.2) is 109 Å². The van der Waals surface area contributed by atoms with Gasteiger partial charge >= 0.3 is 0 Å². The molecule has 6 heteroatoms. The lowest BCUT2D eigenvalue weighted by Crippen LogP contribution is -2.12. The van der Waals surface area contributed by atoms with Crippen molar-refractivity contribution in [2.75, 3.05) is 5.32 Å². The Morgan fingerprint density at radius 3 is 2.18 bits per heavy atom. The number of hydrogen-bond acceptors (Lipinski definition) is 4. The number of ether oxygens (including phenoxy) is 1. The Hall–Kier alpha value is -4.29. The number of hydrogen-bond donors (Lipinski definition) is 1. The van der Waals surface area contributed by atoms with Crippen molar-refractivity contribution in [1.82, 2.24) is 4.98 Å². The topological polar surface area (TPSA) is 51.2 Å². The molecule has 0 spiro atoms. The van der Waals surface area contributed by atoms with Crippen LogP contribution in [-0.2, 0) is 0 Å². The van der Waals surface area contributed by atoms with Gasteiger partial charge in [-0.3, -0.25) is 4.79 Å². The Morgan fingerprint density at radius 1 is 0.765 bits per heavy atom. The summed E-state index contributed by atoms with van der Waals surface area (Å²) in [5.41, 5.74) is 3.02. The second-order valence-electron chi connectivity index (χ2n) is 7.46. The van der Waals surface area contributed by atoms with Gasteiger partial charge in [-0.15, -0.1) is 11.3 Å². The molecule has 0 radical (unpaired) electrons. The third-order valence-corrected chi connectivity index (χ3v) is 6.03. The SMILES string of the molecule is O=C(Nc1ccccc1-c1csc(-c2ccccc2F)n1)c1ccc(Oc2ccccc2)cc1. The van der Waals surface area contributed by atoms with E-state index >= 15 is 0 Å². The molecular weight excluding hydrogens is 447 g/mol. The summed E-state index contributed by atoms with van der Waals surface area (Å²) in [7, 11) is 0. The van der Waals surface area contributed by atoms with Gasteiger partial charge in [0.2, 0.25) is 0 Å². The Morgan fingerprint density at radius 2 is 1.41 bits per heavy atom. The first-order valence-corrected chi connectivity index (χ1v) is 11.5. The van der Waals surface area contributed by atoms with Crippen LogP contribution in [0, 0.1) is 5.82 Å². The number of rotatable bonds is 6. The number of benzene rings is 4. The third-order valence-electron chi connectivity index (χ3n) is 5.16. The van der Waals surface area contributed by atoms with Crippen LogP contribution in [0.2, 0.25) is 0 Å². The minimum Gasteiger partial charge on any atom is -0.457 e. The number of anilines is 1. The fourth-order valence-corrected chi connectivity index (χ4v) is 4.31. The predicted octanol–water partition coefficient (Wildman–Crippen LogP) is 7.66. The van der Waals surface area contributed by atoms with E-state index in [4.69, 9.17) is 4.74 Å². The van der Waals surface area contributed by atoms with Crippen LogP contribution in [0.5, 0.6) is 11.5 Å². The highest BCUT2D eigenvalue weighted by atomic mass is 32.1. The van der Waals surface area contributed by atoms with Crippen LogP contribution < -0.4 is 10.1 Å². The van der Waals surface area contributed by atoms with Gasteiger partial charge < -0.3 is 10.1 Å². The van der Waals surface area contributed by atoms with E-state index < -0.39 is 0 Å². The maximum Gasteiger partial charge on any atom is 0.255 e. The van der Waals surface area contributed by atoms with E-state index in [9.17, 15) is 9.18 Å². The summed E-state index contributed by atoms with van der Waals surface area (Å²) in [4.78, 5) is 17.5. The van der Waals surface area contributed by atoms with E-state index in [1.807, 2.05) is 60.0 Å². The van der Waals surface area contributed by atoms with E-state index in [1.54, 1.807) is 42.5 Å². The maximum absolute atomic E-state index is 14.2. The molecule has 34 heavy (non-hydrogen) atoms. The highest BCUT2D eigenvalue weighted by molar-refractivity contribution is 7.13. The lowest BCUT2D eigenvalue weighted by atomic mass is 10.1. The molecule has 0 fully saturated rings. The van der Waals surface area contributed by atoms with E-state index in [2.05, 4.69) is 10.3 Å². The van der Waals surface area contributed by atoms with Gasteiger partial charge in [-0.1, -0.05) is 48.5 Å². The standard InChI is InChI=1S/C28H19FN2O2S/c29-24-12-6-4-10-22(24)28-31-26(18-34-28)23-11-5-7-13-25(23)30-27(32)19-14-16-21(17-15-19)33-20-8-2-1-3-9-20/h1-18H,(H,30,32). The zero-order valence-electron chi connectivity index (χ0n) is 17.9. The zero-order valence-corrected chi connectivity index (χ0v) is 18.8. The number of thiazole rings is 1. The fourth-order valence-electron chi connectivity index (χ4n) is 3.46. The van der Waals surface area contributed by atoms with Gasteiger partial charge in [0.15, 0.2) is 0 Å². The van der Waals surface area contributed by atoms with E-state index in [-0.39, 0.29) is 11.7 Å². The van der Waals surface area contributed by atoms with Crippen LogP contribution in [-0.4, -0.2) is 10.9 Å². The Balaban J connectivity index is 1.34. The molecule has 0 aliphatic carbocycles. The van der Waals surface area contributed by atoms with Gasteiger partial charge in [0, 0.05) is 22.1 Å². The molecule has 0 saturated heterocycles. The van der Waals surface area contributed by atoms with Crippen molar-refractivity contribution in [3.63, 3.8) is 0 Å². The molecule has 1 heterocycles. The number of halogens is 1. The van der Waals surface area contributed by atoms with Crippen molar-refractivity contribution >= 4 is 22.9 Å². The lowest BCUT2D eigenvalue weighted by Gasteiger charge is -2.10. The van der Waals surface area contributed by atoms with Crippen molar-refractivity contribution in [1.29, 1.82) is 0 Å². The molecule has 0 saturated carbocycles. The third kappa shape index (κ3) is 4.72. The van der Waals surface area contributed by atoms with E-state index in [1.165, 1.54) is 17.4 Å². The van der Waals surface area contributed by atoms with Crippen molar-refractivity contribution < 1.29 is 13.9 Å². The first-order chi connectivity index (χ1) is 16.7. The summed E-state index contributed by atoms with van der Waals surface area (Å²) in [6.45, 7) is 0. The molecule has 0 aliphatic rings. The summed E-state index contributed by atoms with van der Waals surface area (Å²) in [6.07, 6.45) is 0. The van der Waals surface area contributed by atoms with Crippen LogP contribution in [0.1, 0.15) is 10.4 Å². The molecule has 4 nitrogen and oxygen atoms in total. The monoisotopic (exact) mass is 466 g/mol. The molecule has 1 N–H and O–H groups in total. The fraction of sp³-hybridized carbons (Fsp3) is 0. The molecule has 4 aromatic carbocycles. The molecule has 5 rings (SSSR count). The number of aromatic nitrogens is 1. The minimum atomic E-state index is -0.315. The molecule has 0 atom stereocenters. The summed E-state index contributed by atoms with van der Waals surface area (Å²) < 4.78 is 20.0. The molecule has 166 valence electrons. The predicted molar refractivity (Wildman–Crippen MR) is 134 cm³/mol. The van der Waals surface area contributed by atoms with Crippen LogP contribution in [0.25, 0.3) is 21.8 Å². The van der Waals surface area contributed by atoms with Crippen molar-refractivity contribution in [3.8, 4) is 33.3 Å². The van der Waals surface area contributed by atoms with Crippen molar-refractivity contribution in [2.24, 2.45) is 0 Å². The normalized spacial score (nSPS) is 10.6. The molecule has 1 amide bonds.